The number of nitrogens with one attached hydrogen (secondary N) is 1. The fraction of sp³-hybridized carbons (Fsp3) is 0.500. The number of rotatable bonds is 6. The van der Waals surface area contributed by atoms with Gasteiger partial charge in [-0.05, 0) is 17.4 Å². The van der Waals surface area contributed by atoms with Crippen LogP contribution < -0.4 is 11.1 Å². The van der Waals surface area contributed by atoms with Crippen molar-refractivity contribution < 1.29 is 14.7 Å². The smallest absolute Gasteiger partial charge is 0.305 e. The molecule has 0 aromatic heterocycles. The summed E-state index contributed by atoms with van der Waals surface area (Å²) in [6.45, 7) is 5.68. The van der Waals surface area contributed by atoms with Crippen molar-refractivity contribution in [3.63, 3.8) is 0 Å². The number of aliphatic carboxylic acids is 1. The molecule has 0 radical (unpaired) electrons. The third-order valence-corrected chi connectivity index (χ3v) is 3.38. The number of hydrogen-bond acceptors (Lipinski definition) is 3. The first kappa shape index (κ1) is 17.2. The Morgan fingerprint density at radius 1 is 1.24 bits per heavy atom. The third kappa shape index (κ3) is 5.95. The molecule has 0 saturated carbocycles. The van der Waals surface area contributed by atoms with Crippen LogP contribution in [0.2, 0.25) is 0 Å². The van der Waals surface area contributed by atoms with Crippen molar-refractivity contribution in [1.29, 1.82) is 0 Å². The number of carbonyl (C=O) groups is 2. The van der Waals surface area contributed by atoms with Gasteiger partial charge in [-0.15, -0.1) is 0 Å². The van der Waals surface area contributed by atoms with Gasteiger partial charge in [0.25, 0.3) is 0 Å². The van der Waals surface area contributed by atoms with E-state index in [1.54, 1.807) is 0 Å². The normalized spacial score (nSPS) is 14.3. The number of hydrogen-bond donors (Lipinski definition) is 3. The van der Waals surface area contributed by atoms with Crippen LogP contribution >= 0.6 is 0 Å². The predicted molar refractivity (Wildman–Crippen MR) is 81.8 cm³/mol. The second-order valence-corrected chi connectivity index (χ2v) is 6.32. The SMILES string of the molecule is CC(C)(C)C(CC(=O)O)NC(=O)C(N)Cc1ccccc1. The number of carbonyl (C=O) groups excluding carboxylic acids is 1. The topological polar surface area (TPSA) is 92.4 Å². The van der Waals surface area contributed by atoms with Crippen LogP contribution in [0, 0.1) is 5.41 Å². The zero-order valence-electron chi connectivity index (χ0n) is 12.8. The summed E-state index contributed by atoms with van der Waals surface area (Å²) in [6, 6.07) is 8.36. The molecule has 4 N–H and O–H groups in total. The molecule has 0 bridgehead atoms. The molecule has 1 amide bonds. The van der Waals surface area contributed by atoms with Crippen LogP contribution in [0.5, 0.6) is 0 Å². The molecule has 0 aliphatic heterocycles. The fourth-order valence-electron chi connectivity index (χ4n) is 1.99. The first-order valence-electron chi connectivity index (χ1n) is 7.02. The summed E-state index contributed by atoms with van der Waals surface area (Å²) in [5.74, 6) is -1.26. The monoisotopic (exact) mass is 292 g/mol. The number of nitrogens with two attached hydrogens (primary N) is 1. The Morgan fingerprint density at radius 3 is 2.29 bits per heavy atom. The van der Waals surface area contributed by atoms with E-state index in [1.165, 1.54) is 0 Å². The van der Waals surface area contributed by atoms with Crippen molar-refractivity contribution in [2.75, 3.05) is 0 Å². The highest BCUT2D eigenvalue weighted by Crippen LogP contribution is 2.22. The summed E-state index contributed by atoms with van der Waals surface area (Å²) in [4.78, 5) is 23.1. The van der Waals surface area contributed by atoms with E-state index in [0.717, 1.165) is 5.56 Å². The van der Waals surface area contributed by atoms with E-state index < -0.39 is 18.1 Å². The Hall–Kier alpha value is -1.88. The highest BCUT2D eigenvalue weighted by atomic mass is 16.4. The van der Waals surface area contributed by atoms with E-state index in [9.17, 15) is 9.59 Å². The molecular weight excluding hydrogens is 268 g/mol. The van der Waals surface area contributed by atoms with Crippen LogP contribution in [0.25, 0.3) is 0 Å². The molecule has 0 aliphatic rings. The predicted octanol–water partition coefficient (Wildman–Crippen LogP) is 1.56. The van der Waals surface area contributed by atoms with Crippen molar-refractivity contribution in [1.82, 2.24) is 5.32 Å². The Bertz CT molecular complexity index is 480. The summed E-state index contributed by atoms with van der Waals surface area (Å²) in [7, 11) is 0. The maximum Gasteiger partial charge on any atom is 0.305 e. The first-order valence-corrected chi connectivity index (χ1v) is 7.02. The minimum Gasteiger partial charge on any atom is -0.481 e. The summed E-state index contributed by atoms with van der Waals surface area (Å²) >= 11 is 0. The maximum absolute atomic E-state index is 12.2. The van der Waals surface area contributed by atoms with Crippen LogP contribution in [0.15, 0.2) is 30.3 Å². The second-order valence-electron chi connectivity index (χ2n) is 6.32. The van der Waals surface area contributed by atoms with E-state index in [-0.39, 0.29) is 17.7 Å². The van der Waals surface area contributed by atoms with E-state index >= 15 is 0 Å². The molecule has 2 atom stereocenters. The Kier molecular flexibility index (Phi) is 5.90. The standard InChI is InChI=1S/C16H24N2O3/c1-16(2,3)13(10-14(19)20)18-15(21)12(17)9-11-7-5-4-6-8-11/h4-8,12-13H,9-10,17H2,1-3H3,(H,18,21)(H,19,20). The van der Waals surface area contributed by atoms with Gasteiger partial charge in [-0.1, -0.05) is 51.1 Å². The highest BCUT2D eigenvalue weighted by Gasteiger charge is 2.29. The van der Waals surface area contributed by atoms with Crippen molar-refractivity contribution >= 4 is 11.9 Å². The fourth-order valence-corrected chi connectivity index (χ4v) is 1.99. The summed E-state index contributed by atoms with van der Waals surface area (Å²) in [6.07, 6.45) is 0.309. The average Bonchev–Trinajstić information content (AvgIpc) is 2.37. The summed E-state index contributed by atoms with van der Waals surface area (Å²) in [5.41, 5.74) is 6.54. The van der Waals surface area contributed by atoms with Crippen LogP contribution in [0.1, 0.15) is 32.8 Å². The maximum atomic E-state index is 12.2. The number of carboxylic acid groups (broad SMARTS) is 1. The van der Waals surface area contributed by atoms with Gasteiger partial charge in [0.2, 0.25) is 5.91 Å². The molecule has 0 spiro atoms. The number of benzene rings is 1. The van der Waals surface area contributed by atoms with Crippen molar-refractivity contribution in [3.8, 4) is 0 Å². The van der Waals surface area contributed by atoms with Gasteiger partial charge in [0.1, 0.15) is 0 Å². The molecule has 5 nitrogen and oxygen atoms in total. The molecule has 0 heterocycles. The molecule has 1 aromatic carbocycles. The Morgan fingerprint density at radius 2 is 1.81 bits per heavy atom. The van der Waals surface area contributed by atoms with Crippen LogP contribution in [0.4, 0.5) is 0 Å². The van der Waals surface area contributed by atoms with Gasteiger partial charge in [-0.3, -0.25) is 9.59 Å². The minimum absolute atomic E-state index is 0.118. The van der Waals surface area contributed by atoms with Gasteiger partial charge in [0, 0.05) is 6.04 Å². The van der Waals surface area contributed by atoms with E-state index in [4.69, 9.17) is 10.8 Å². The van der Waals surface area contributed by atoms with Gasteiger partial charge < -0.3 is 16.2 Å². The van der Waals surface area contributed by atoms with Gasteiger partial charge in [-0.25, -0.2) is 0 Å². The molecule has 116 valence electrons. The molecule has 1 rings (SSSR count). The summed E-state index contributed by atoms with van der Waals surface area (Å²) < 4.78 is 0. The van der Waals surface area contributed by atoms with Crippen molar-refractivity contribution in [3.05, 3.63) is 35.9 Å². The van der Waals surface area contributed by atoms with E-state index in [2.05, 4.69) is 5.32 Å². The zero-order valence-corrected chi connectivity index (χ0v) is 12.8. The molecule has 2 unspecified atom stereocenters. The molecule has 0 fully saturated rings. The second kappa shape index (κ2) is 7.22. The van der Waals surface area contributed by atoms with Crippen molar-refractivity contribution in [2.45, 2.75) is 45.7 Å². The Balaban J connectivity index is 2.66. The van der Waals surface area contributed by atoms with Crippen LogP contribution in [-0.2, 0) is 16.0 Å². The first-order chi connectivity index (χ1) is 9.70. The average molecular weight is 292 g/mol. The lowest BCUT2D eigenvalue weighted by Gasteiger charge is -2.31. The molecule has 1 aromatic rings. The van der Waals surface area contributed by atoms with E-state index in [0.29, 0.717) is 6.42 Å². The minimum atomic E-state index is -0.938. The molecule has 21 heavy (non-hydrogen) atoms. The highest BCUT2D eigenvalue weighted by molar-refractivity contribution is 5.82. The lowest BCUT2D eigenvalue weighted by molar-refractivity contribution is -0.138. The molecule has 0 aliphatic carbocycles. The van der Waals surface area contributed by atoms with Crippen LogP contribution in [0.3, 0.4) is 0 Å². The lowest BCUT2D eigenvalue weighted by Crippen LogP contribution is -2.51. The summed E-state index contributed by atoms with van der Waals surface area (Å²) in [5, 5.41) is 11.7. The number of carboxylic acids is 1. The quantitative estimate of drug-likeness (QED) is 0.742. The van der Waals surface area contributed by atoms with Gasteiger partial charge in [-0.2, -0.15) is 0 Å². The van der Waals surface area contributed by atoms with Gasteiger partial charge in [0.15, 0.2) is 0 Å². The lowest BCUT2D eigenvalue weighted by atomic mass is 9.84. The van der Waals surface area contributed by atoms with E-state index in [1.807, 2.05) is 51.1 Å². The number of amides is 1. The van der Waals surface area contributed by atoms with Gasteiger partial charge in [0.05, 0.1) is 12.5 Å². The largest absolute Gasteiger partial charge is 0.481 e. The molecule has 5 heteroatoms. The zero-order chi connectivity index (χ0) is 16.0. The molecular formula is C16H24N2O3. The third-order valence-electron chi connectivity index (χ3n) is 3.38. The van der Waals surface area contributed by atoms with Crippen molar-refractivity contribution in [2.24, 2.45) is 11.1 Å². The van der Waals surface area contributed by atoms with Gasteiger partial charge >= 0.3 is 5.97 Å². The van der Waals surface area contributed by atoms with Crippen LogP contribution in [-0.4, -0.2) is 29.1 Å². The Labute approximate surface area is 125 Å². The molecule has 0 saturated heterocycles.